The Bertz CT molecular complexity index is 1170. The summed E-state index contributed by atoms with van der Waals surface area (Å²) >= 11 is 0. The molecule has 0 radical (unpaired) electrons. The highest BCUT2D eigenvalue weighted by molar-refractivity contribution is 5.96. The van der Waals surface area contributed by atoms with Crippen LogP contribution in [0.2, 0.25) is 0 Å². The second kappa shape index (κ2) is 11.9. The minimum absolute atomic E-state index is 0.00783. The number of aromatic nitrogens is 1. The van der Waals surface area contributed by atoms with E-state index in [0.29, 0.717) is 6.42 Å². The largest absolute Gasteiger partial charge is 0.482 e. The van der Waals surface area contributed by atoms with E-state index in [9.17, 15) is 29.4 Å². The van der Waals surface area contributed by atoms with Gasteiger partial charge in [-0.05, 0) is 32.8 Å². The van der Waals surface area contributed by atoms with Crippen LogP contribution in [0.3, 0.4) is 0 Å². The van der Waals surface area contributed by atoms with Crippen LogP contribution in [0.25, 0.3) is 0 Å². The molecule has 1 fully saturated rings. The fourth-order valence-electron chi connectivity index (χ4n) is 3.82. The van der Waals surface area contributed by atoms with Gasteiger partial charge in [-0.3, -0.25) is 14.4 Å². The van der Waals surface area contributed by atoms with E-state index in [4.69, 9.17) is 9.47 Å². The molecule has 0 saturated carbocycles. The van der Waals surface area contributed by atoms with E-state index in [-0.39, 0.29) is 43.5 Å². The van der Waals surface area contributed by atoms with Gasteiger partial charge in [-0.2, -0.15) is 0 Å². The number of aliphatic hydroxyl groups is 2. The van der Waals surface area contributed by atoms with Gasteiger partial charge in [0.15, 0.2) is 17.7 Å². The lowest BCUT2D eigenvalue weighted by Crippen LogP contribution is -2.45. The molecule has 4 N–H and O–H groups in total. The zero-order chi connectivity index (χ0) is 27.2. The molecule has 2 aromatic rings. The first-order valence-electron chi connectivity index (χ1n) is 11.8. The summed E-state index contributed by atoms with van der Waals surface area (Å²) < 4.78 is 12.1. The summed E-state index contributed by atoms with van der Waals surface area (Å²) in [5, 5.41) is 21.2. The van der Waals surface area contributed by atoms with Crippen LogP contribution in [-0.2, 0) is 16.1 Å². The van der Waals surface area contributed by atoms with Crippen LogP contribution in [0, 0.1) is 0 Å². The van der Waals surface area contributed by atoms with Crippen molar-refractivity contribution in [3.8, 4) is 5.75 Å². The van der Waals surface area contributed by atoms with Crippen LogP contribution < -0.4 is 20.9 Å². The third kappa shape index (κ3) is 7.79. The monoisotopic (exact) mass is 516 g/mol. The molecule has 1 aliphatic heterocycles. The van der Waals surface area contributed by atoms with Crippen molar-refractivity contribution in [2.24, 2.45) is 0 Å². The molecule has 37 heavy (non-hydrogen) atoms. The summed E-state index contributed by atoms with van der Waals surface area (Å²) in [5.41, 5.74) is 1.52. The second-order valence-corrected chi connectivity index (χ2v) is 9.54. The molecule has 0 aliphatic carbocycles. The van der Waals surface area contributed by atoms with E-state index in [0.717, 1.165) is 16.3 Å². The first-order valence-corrected chi connectivity index (χ1v) is 11.8. The van der Waals surface area contributed by atoms with Crippen molar-refractivity contribution in [1.29, 1.82) is 0 Å². The topological polar surface area (TPSA) is 159 Å². The maximum atomic E-state index is 13.3. The molecule has 1 aromatic carbocycles. The van der Waals surface area contributed by atoms with Crippen molar-refractivity contribution >= 4 is 17.9 Å². The number of hydrogen-bond donors (Lipinski definition) is 4. The Labute approximate surface area is 213 Å². The normalized spacial score (nSPS) is 15.6. The fourth-order valence-corrected chi connectivity index (χ4v) is 3.82. The molecule has 3 amide bonds. The van der Waals surface area contributed by atoms with Gasteiger partial charge in [0.25, 0.3) is 5.91 Å². The van der Waals surface area contributed by atoms with Gasteiger partial charge in [-0.25, -0.2) is 14.9 Å². The molecule has 0 bridgehead atoms. The predicted molar refractivity (Wildman–Crippen MR) is 132 cm³/mol. The smallest absolute Gasteiger partial charge is 0.426 e. The number of carbonyl (C=O) groups is 3. The predicted octanol–water partition coefficient (Wildman–Crippen LogP) is 0.937. The minimum atomic E-state index is -1.71. The van der Waals surface area contributed by atoms with Crippen molar-refractivity contribution in [2.75, 3.05) is 18.5 Å². The standard InChI is InChI=1S/C25H32N4O8/c1-25(2,3)37-24(35)27-29-12-11-18(30)22(36-15-16-7-5-4-6-8-16)21(29)23(34)26-13-17-9-10-19(31)28(17)14-20(32)33/h4-8,11-12,17,20,32-33H,9-10,13-15H2,1-3H3,(H,26,34)(H,27,35). The van der Waals surface area contributed by atoms with E-state index >= 15 is 0 Å². The van der Waals surface area contributed by atoms with E-state index in [2.05, 4.69) is 10.7 Å². The molecule has 1 saturated heterocycles. The lowest BCUT2D eigenvalue weighted by Gasteiger charge is -2.26. The number of β-amino-alcohol motifs (C(OH)–C–C–N with tert-alkyl or cyclic N) is 2. The molecule has 1 aliphatic rings. The van der Waals surface area contributed by atoms with Gasteiger partial charge in [-0.15, -0.1) is 0 Å². The van der Waals surface area contributed by atoms with Crippen LogP contribution in [0.5, 0.6) is 5.75 Å². The van der Waals surface area contributed by atoms with E-state index in [1.54, 1.807) is 45.0 Å². The third-order valence-corrected chi connectivity index (χ3v) is 5.42. The van der Waals surface area contributed by atoms with Crippen molar-refractivity contribution in [2.45, 2.75) is 58.2 Å². The summed E-state index contributed by atoms with van der Waals surface area (Å²) in [7, 11) is 0. The van der Waals surface area contributed by atoms with Gasteiger partial charge in [0, 0.05) is 31.3 Å². The molecule has 1 aromatic heterocycles. The molecular formula is C25H32N4O8. The fraction of sp³-hybridized carbons (Fsp3) is 0.440. The molecular weight excluding hydrogens is 484 g/mol. The second-order valence-electron chi connectivity index (χ2n) is 9.54. The number of ether oxygens (including phenoxy) is 2. The number of pyridine rings is 1. The van der Waals surface area contributed by atoms with E-state index < -0.39 is 35.4 Å². The average molecular weight is 517 g/mol. The molecule has 200 valence electrons. The molecule has 1 unspecified atom stereocenters. The van der Waals surface area contributed by atoms with Gasteiger partial charge in [-0.1, -0.05) is 30.3 Å². The first kappa shape index (κ1) is 27.7. The van der Waals surface area contributed by atoms with Crippen molar-refractivity contribution < 1.29 is 34.1 Å². The summed E-state index contributed by atoms with van der Waals surface area (Å²) in [6.07, 6.45) is -0.751. The SMILES string of the molecule is CC(C)(C)OC(=O)Nn1ccc(=O)c(OCc2ccccc2)c1C(=O)NCC1CCC(=O)N1CC(O)O. The number of nitrogens with one attached hydrogen (secondary N) is 2. The highest BCUT2D eigenvalue weighted by atomic mass is 16.6. The van der Waals surface area contributed by atoms with Crippen LogP contribution in [0.4, 0.5) is 4.79 Å². The van der Waals surface area contributed by atoms with Gasteiger partial charge in [0.2, 0.25) is 11.3 Å². The minimum Gasteiger partial charge on any atom is -0.482 e. The molecule has 0 spiro atoms. The maximum absolute atomic E-state index is 13.3. The van der Waals surface area contributed by atoms with Crippen molar-refractivity contribution in [3.05, 3.63) is 64.1 Å². The number of aliphatic hydroxyl groups excluding tert-OH is 1. The molecule has 2 heterocycles. The van der Waals surface area contributed by atoms with Gasteiger partial charge >= 0.3 is 6.09 Å². The number of rotatable bonds is 9. The number of likely N-dealkylation sites (tertiary alicyclic amines) is 1. The highest BCUT2D eigenvalue weighted by Gasteiger charge is 2.33. The third-order valence-electron chi connectivity index (χ3n) is 5.42. The number of amides is 3. The Morgan fingerprint density at radius 2 is 1.84 bits per heavy atom. The maximum Gasteiger partial charge on any atom is 0.426 e. The van der Waals surface area contributed by atoms with E-state index in [1.165, 1.54) is 11.1 Å². The average Bonchev–Trinajstić information content (AvgIpc) is 3.15. The number of carbonyl (C=O) groups excluding carboxylic acids is 3. The van der Waals surface area contributed by atoms with Crippen molar-refractivity contribution in [1.82, 2.24) is 14.9 Å². The Hall–Kier alpha value is -3.90. The Kier molecular flexibility index (Phi) is 8.90. The number of benzene rings is 1. The Balaban J connectivity index is 1.87. The molecule has 12 heteroatoms. The van der Waals surface area contributed by atoms with Gasteiger partial charge in [0.05, 0.1) is 6.54 Å². The van der Waals surface area contributed by atoms with Crippen LogP contribution in [-0.4, -0.2) is 68.7 Å². The lowest BCUT2D eigenvalue weighted by atomic mass is 10.2. The number of hydrogen-bond acceptors (Lipinski definition) is 8. The van der Waals surface area contributed by atoms with Crippen molar-refractivity contribution in [3.63, 3.8) is 0 Å². The highest BCUT2D eigenvalue weighted by Crippen LogP contribution is 2.20. The Morgan fingerprint density at radius 1 is 1.14 bits per heavy atom. The number of nitrogens with zero attached hydrogens (tertiary/aromatic N) is 2. The summed E-state index contributed by atoms with van der Waals surface area (Å²) in [6.45, 7) is 4.71. The van der Waals surface area contributed by atoms with Crippen LogP contribution in [0.15, 0.2) is 47.4 Å². The van der Waals surface area contributed by atoms with Crippen LogP contribution in [0.1, 0.15) is 49.7 Å². The van der Waals surface area contributed by atoms with Crippen LogP contribution >= 0.6 is 0 Å². The molecule has 3 rings (SSSR count). The quantitative estimate of drug-likeness (QED) is 0.358. The van der Waals surface area contributed by atoms with E-state index in [1.807, 2.05) is 6.07 Å². The summed E-state index contributed by atoms with van der Waals surface area (Å²) in [6, 6.07) is 9.69. The zero-order valence-corrected chi connectivity index (χ0v) is 21.0. The molecule has 1 atom stereocenters. The lowest BCUT2D eigenvalue weighted by molar-refractivity contribution is -0.135. The summed E-state index contributed by atoms with van der Waals surface area (Å²) in [4.78, 5) is 51.9. The zero-order valence-electron chi connectivity index (χ0n) is 21.0. The van der Waals surface area contributed by atoms with Gasteiger partial charge < -0.3 is 29.9 Å². The van der Waals surface area contributed by atoms with Gasteiger partial charge in [0.1, 0.15) is 12.2 Å². The molecule has 12 nitrogen and oxygen atoms in total. The first-order chi connectivity index (χ1) is 17.4. The summed E-state index contributed by atoms with van der Waals surface area (Å²) in [5.74, 6) is -1.30. The Morgan fingerprint density at radius 3 is 2.49 bits per heavy atom.